The lowest BCUT2D eigenvalue weighted by molar-refractivity contribution is 0.304. The third-order valence-corrected chi connectivity index (χ3v) is 5.60. The van der Waals surface area contributed by atoms with Crippen LogP contribution in [0.3, 0.4) is 0 Å². The van der Waals surface area contributed by atoms with E-state index in [9.17, 15) is 4.39 Å². The van der Waals surface area contributed by atoms with E-state index in [0.29, 0.717) is 0 Å². The van der Waals surface area contributed by atoms with Crippen LogP contribution in [0.4, 0.5) is 4.39 Å². The van der Waals surface area contributed by atoms with Gasteiger partial charge in [-0.1, -0.05) is 18.2 Å². The van der Waals surface area contributed by atoms with Crippen LogP contribution in [0.15, 0.2) is 54.9 Å². The average molecular weight is 364 g/mol. The molecule has 3 aromatic rings. The molecule has 4 nitrogen and oxygen atoms in total. The van der Waals surface area contributed by atoms with E-state index >= 15 is 0 Å². The predicted molar refractivity (Wildman–Crippen MR) is 105 cm³/mol. The lowest BCUT2D eigenvalue weighted by Crippen LogP contribution is -2.39. The van der Waals surface area contributed by atoms with Crippen LogP contribution in [0, 0.1) is 19.7 Å². The van der Waals surface area contributed by atoms with Crippen molar-refractivity contribution in [3.8, 4) is 5.69 Å². The van der Waals surface area contributed by atoms with Crippen molar-refractivity contribution < 1.29 is 4.39 Å². The summed E-state index contributed by atoms with van der Waals surface area (Å²) in [5, 5.41) is 0. The molecule has 5 heteroatoms. The van der Waals surface area contributed by atoms with E-state index in [4.69, 9.17) is 5.73 Å². The normalized spacial score (nSPS) is 20.3. The first-order valence-electron chi connectivity index (χ1n) is 9.32. The summed E-state index contributed by atoms with van der Waals surface area (Å²) in [4.78, 5) is 6.65. The quantitative estimate of drug-likeness (QED) is 0.768. The van der Waals surface area contributed by atoms with Crippen LogP contribution < -0.4 is 5.73 Å². The molecule has 0 amide bonds. The molecule has 140 valence electrons. The van der Waals surface area contributed by atoms with Crippen LogP contribution in [-0.4, -0.2) is 27.5 Å². The molecule has 4 rings (SSSR count). The summed E-state index contributed by atoms with van der Waals surface area (Å²) in [6.45, 7) is 6.64. The minimum Gasteiger partial charge on any atom is -0.320 e. The Kier molecular flexibility index (Phi) is 4.58. The Labute approximate surface area is 159 Å². The smallest absolute Gasteiger partial charge is 0.123 e. The number of nitrogens with two attached hydrogens (primary N) is 1. The molecular formula is C22H25FN4. The molecule has 0 aliphatic carbocycles. The number of imidazole rings is 1. The van der Waals surface area contributed by atoms with Gasteiger partial charge in [0.25, 0.3) is 0 Å². The second-order valence-corrected chi connectivity index (χ2v) is 7.58. The van der Waals surface area contributed by atoms with E-state index in [1.165, 1.54) is 17.2 Å². The Morgan fingerprint density at radius 3 is 2.74 bits per heavy atom. The van der Waals surface area contributed by atoms with Gasteiger partial charge in [-0.05, 0) is 61.2 Å². The highest BCUT2D eigenvalue weighted by molar-refractivity contribution is 5.41. The van der Waals surface area contributed by atoms with Gasteiger partial charge in [-0.25, -0.2) is 9.37 Å². The maximum absolute atomic E-state index is 13.6. The molecule has 2 heterocycles. The Morgan fingerprint density at radius 1 is 1.19 bits per heavy atom. The van der Waals surface area contributed by atoms with Gasteiger partial charge in [0, 0.05) is 37.7 Å². The molecule has 27 heavy (non-hydrogen) atoms. The number of hydrogen-bond donors (Lipinski definition) is 1. The molecular weight excluding hydrogens is 339 g/mol. The molecule has 1 unspecified atom stereocenters. The minimum absolute atomic E-state index is 0.225. The molecule has 0 bridgehead atoms. The number of aryl methyl sites for hydroxylation is 2. The molecule has 0 spiro atoms. The standard InChI is InChI=1S/C22H25FN4/c1-16-12-21(27-11-9-25-17(27)2)7-6-18(16)14-26-10-8-22(24,15-26)19-4-3-5-20(23)13-19/h3-7,9,11-13H,8,10,14-15,24H2,1-2H3. The average Bonchev–Trinajstić information content (AvgIpc) is 3.23. The van der Waals surface area contributed by atoms with E-state index in [1.54, 1.807) is 12.1 Å². The van der Waals surface area contributed by atoms with Gasteiger partial charge in [0.2, 0.25) is 0 Å². The topological polar surface area (TPSA) is 47.1 Å². The van der Waals surface area contributed by atoms with Crippen molar-refractivity contribution in [3.05, 3.63) is 83.2 Å². The number of likely N-dealkylation sites (tertiary alicyclic amines) is 1. The number of aromatic nitrogens is 2. The summed E-state index contributed by atoms with van der Waals surface area (Å²) in [6.07, 6.45) is 4.63. The van der Waals surface area contributed by atoms with Gasteiger partial charge in [-0.3, -0.25) is 4.90 Å². The molecule has 1 atom stereocenters. The van der Waals surface area contributed by atoms with Crippen molar-refractivity contribution in [2.75, 3.05) is 13.1 Å². The second kappa shape index (κ2) is 6.91. The molecule has 0 saturated carbocycles. The van der Waals surface area contributed by atoms with Crippen LogP contribution in [0.5, 0.6) is 0 Å². The Hall–Kier alpha value is -2.50. The molecule has 1 aliphatic rings. The summed E-state index contributed by atoms with van der Waals surface area (Å²) in [5.74, 6) is 0.752. The van der Waals surface area contributed by atoms with Gasteiger partial charge in [0.05, 0.1) is 5.54 Å². The lowest BCUT2D eigenvalue weighted by Gasteiger charge is -2.26. The fraction of sp³-hybridized carbons (Fsp3) is 0.318. The second-order valence-electron chi connectivity index (χ2n) is 7.58. The monoisotopic (exact) mass is 364 g/mol. The number of halogens is 1. The molecule has 0 radical (unpaired) electrons. The zero-order valence-electron chi connectivity index (χ0n) is 15.8. The van der Waals surface area contributed by atoms with E-state index in [2.05, 4.69) is 39.6 Å². The van der Waals surface area contributed by atoms with E-state index in [0.717, 1.165) is 43.1 Å². The summed E-state index contributed by atoms with van der Waals surface area (Å²) < 4.78 is 15.7. The van der Waals surface area contributed by atoms with Crippen LogP contribution in [0.1, 0.15) is 28.9 Å². The summed E-state index contributed by atoms with van der Waals surface area (Å²) in [5.41, 5.74) is 10.7. The van der Waals surface area contributed by atoms with E-state index < -0.39 is 5.54 Å². The van der Waals surface area contributed by atoms with Crippen molar-refractivity contribution in [2.24, 2.45) is 5.73 Å². The highest BCUT2D eigenvalue weighted by Gasteiger charge is 2.36. The number of hydrogen-bond acceptors (Lipinski definition) is 3. The number of nitrogens with zero attached hydrogens (tertiary/aromatic N) is 3. The fourth-order valence-electron chi connectivity index (χ4n) is 3.98. The fourth-order valence-corrected chi connectivity index (χ4v) is 3.98. The largest absolute Gasteiger partial charge is 0.320 e. The molecule has 2 N–H and O–H groups in total. The van der Waals surface area contributed by atoms with Gasteiger partial charge in [-0.2, -0.15) is 0 Å². The molecule has 1 saturated heterocycles. The van der Waals surface area contributed by atoms with Crippen molar-refractivity contribution in [3.63, 3.8) is 0 Å². The summed E-state index contributed by atoms with van der Waals surface area (Å²) in [6, 6.07) is 13.2. The van der Waals surface area contributed by atoms with E-state index in [1.807, 2.05) is 25.4 Å². The highest BCUT2D eigenvalue weighted by Crippen LogP contribution is 2.31. The van der Waals surface area contributed by atoms with Crippen molar-refractivity contribution in [1.29, 1.82) is 0 Å². The zero-order valence-corrected chi connectivity index (χ0v) is 15.8. The molecule has 1 fully saturated rings. The third-order valence-electron chi connectivity index (χ3n) is 5.60. The third kappa shape index (κ3) is 3.53. The van der Waals surface area contributed by atoms with Gasteiger partial charge in [0.1, 0.15) is 11.6 Å². The summed E-state index contributed by atoms with van der Waals surface area (Å²) >= 11 is 0. The van der Waals surface area contributed by atoms with Crippen LogP contribution in [-0.2, 0) is 12.1 Å². The van der Waals surface area contributed by atoms with Gasteiger partial charge in [-0.15, -0.1) is 0 Å². The zero-order chi connectivity index (χ0) is 19.0. The van der Waals surface area contributed by atoms with Crippen molar-refractivity contribution in [1.82, 2.24) is 14.5 Å². The first kappa shape index (κ1) is 17.9. The SMILES string of the molecule is Cc1cc(-n2ccnc2C)ccc1CN1CCC(N)(c2cccc(F)c2)C1. The van der Waals surface area contributed by atoms with Crippen molar-refractivity contribution >= 4 is 0 Å². The lowest BCUT2D eigenvalue weighted by atomic mass is 9.90. The van der Waals surface area contributed by atoms with Crippen molar-refractivity contribution in [2.45, 2.75) is 32.4 Å². The predicted octanol–water partition coefficient (Wildman–Crippen LogP) is 3.69. The minimum atomic E-state index is -0.482. The Morgan fingerprint density at radius 2 is 2.04 bits per heavy atom. The Balaban J connectivity index is 1.50. The molecule has 2 aromatic carbocycles. The first-order valence-corrected chi connectivity index (χ1v) is 9.32. The molecule has 1 aliphatic heterocycles. The maximum Gasteiger partial charge on any atom is 0.123 e. The van der Waals surface area contributed by atoms with Gasteiger partial charge < -0.3 is 10.3 Å². The number of rotatable bonds is 4. The van der Waals surface area contributed by atoms with E-state index in [-0.39, 0.29) is 5.82 Å². The highest BCUT2D eigenvalue weighted by atomic mass is 19.1. The maximum atomic E-state index is 13.6. The number of benzene rings is 2. The van der Waals surface area contributed by atoms with Crippen LogP contribution in [0.25, 0.3) is 5.69 Å². The van der Waals surface area contributed by atoms with Crippen LogP contribution in [0.2, 0.25) is 0 Å². The Bertz CT molecular complexity index is 964. The van der Waals surface area contributed by atoms with Gasteiger partial charge >= 0.3 is 0 Å². The molecule has 1 aromatic heterocycles. The van der Waals surface area contributed by atoms with Gasteiger partial charge in [0.15, 0.2) is 0 Å². The summed E-state index contributed by atoms with van der Waals surface area (Å²) in [7, 11) is 0. The van der Waals surface area contributed by atoms with Crippen LogP contribution >= 0.6 is 0 Å². The first-order chi connectivity index (χ1) is 12.9.